The molecule has 0 saturated carbocycles. The maximum atomic E-state index is 12.8. The molecule has 3 rings (SSSR count). The van der Waals surface area contributed by atoms with Crippen LogP contribution >= 0.6 is 11.8 Å². The predicted molar refractivity (Wildman–Crippen MR) is 126 cm³/mol. The van der Waals surface area contributed by atoms with Gasteiger partial charge in [0.05, 0.1) is 11.3 Å². The maximum absolute atomic E-state index is 12.8. The predicted octanol–water partition coefficient (Wildman–Crippen LogP) is 6.21. The molecular weight excluding hydrogens is 392 g/mol. The summed E-state index contributed by atoms with van der Waals surface area (Å²) in [5, 5.41) is 5.78. The molecule has 0 heterocycles. The number of rotatable bonds is 5. The summed E-state index contributed by atoms with van der Waals surface area (Å²) in [5.41, 5.74) is 3.32. The van der Waals surface area contributed by atoms with E-state index in [1.807, 2.05) is 54.8 Å². The molecule has 3 aromatic rings. The van der Waals surface area contributed by atoms with Gasteiger partial charge in [-0.05, 0) is 59.7 Å². The van der Waals surface area contributed by atoms with Crippen molar-refractivity contribution in [3.05, 3.63) is 89.5 Å². The van der Waals surface area contributed by atoms with Crippen molar-refractivity contribution in [3.63, 3.8) is 0 Å². The molecule has 0 aliphatic heterocycles. The van der Waals surface area contributed by atoms with Crippen LogP contribution in [0.1, 0.15) is 47.1 Å². The lowest BCUT2D eigenvalue weighted by atomic mass is 9.86. The molecule has 0 atom stereocenters. The highest BCUT2D eigenvalue weighted by Crippen LogP contribution is 2.24. The Hall–Kier alpha value is -3.05. The molecule has 5 heteroatoms. The van der Waals surface area contributed by atoms with Gasteiger partial charge in [-0.25, -0.2) is 0 Å². The second kappa shape index (κ2) is 9.18. The monoisotopic (exact) mass is 418 g/mol. The van der Waals surface area contributed by atoms with Crippen LogP contribution in [0, 0.1) is 0 Å². The lowest BCUT2D eigenvalue weighted by Crippen LogP contribution is -2.18. The van der Waals surface area contributed by atoms with E-state index in [2.05, 4.69) is 31.4 Å². The van der Waals surface area contributed by atoms with Gasteiger partial charge in [0, 0.05) is 16.1 Å². The third kappa shape index (κ3) is 5.30. The summed E-state index contributed by atoms with van der Waals surface area (Å²) < 4.78 is 0. The molecule has 2 amide bonds. The van der Waals surface area contributed by atoms with Gasteiger partial charge in [0.25, 0.3) is 11.8 Å². The maximum Gasteiger partial charge on any atom is 0.257 e. The highest BCUT2D eigenvalue weighted by Gasteiger charge is 2.16. The number of nitrogens with one attached hydrogen (secondary N) is 2. The van der Waals surface area contributed by atoms with Gasteiger partial charge in [0.1, 0.15) is 0 Å². The van der Waals surface area contributed by atoms with Crippen molar-refractivity contribution >= 4 is 35.0 Å². The summed E-state index contributed by atoms with van der Waals surface area (Å²) in [5.74, 6) is -0.521. The summed E-state index contributed by atoms with van der Waals surface area (Å²) >= 11 is 1.61. The number of benzene rings is 3. The minimum atomic E-state index is -0.271. The molecule has 0 unspecified atom stereocenters. The van der Waals surface area contributed by atoms with E-state index in [-0.39, 0.29) is 17.2 Å². The molecule has 0 spiro atoms. The minimum Gasteiger partial charge on any atom is -0.322 e. The average Bonchev–Trinajstić information content (AvgIpc) is 2.73. The van der Waals surface area contributed by atoms with E-state index in [1.165, 1.54) is 0 Å². The second-order valence-corrected chi connectivity index (χ2v) is 8.89. The van der Waals surface area contributed by atoms with Gasteiger partial charge < -0.3 is 10.6 Å². The zero-order valence-electron chi connectivity index (χ0n) is 17.7. The quantitative estimate of drug-likeness (QED) is 0.484. The smallest absolute Gasteiger partial charge is 0.257 e. The van der Waals surface area contributed by atoms with Gasteiger partial charge in [-0.3, -0.25) is 9.59 Å². The van der Waals surface area contributed by atoms with E-state index < -0.39 is 0 Å². The van der Waals surface area contributed by atoms with Crippen LogP contribution in [0.25, 0.3) is 0 Å². The Morgan fingerprint density at radius 2 is 1.50 bits per heavy atom. The average molecular weight is 419 g/mol. The van der Waals surface area contributed by atoms with E-state index in [9.17, 15) is 9.59 Å². The van der Waals surface area contributed by atoms with E-state index >= 15 is 0 Å². The van der Waals surface area contributed by atoms with Crippen molar-refractivity contribution in [1.29, 1.82) is 0 Å². The number of amides is 2. The molecular formula is C25H26N2O2S. The van der Waals surface area contributed by atoms with Crippen molar-refractivity contribution in [3.8, 4) is 0 Å². The lowest BCUT2D eigenvalue weighted by molar-refractivity contribution is 0.102. The Bertz CT molecular complexity index is 1050. The largest absolute Gasteiger partial charge is 0.322 e. The normalized spacial score (nSPS) is 11.1. The van der Waals surface area contributed by atoms with E-state index in [0.717, 1.165) is 10.5 Å². The van der Waals surface area contributed by atoms with Gasteiger partial charge >= 0.3 is 0 Å². The van der Waals surface area contributed by atoms with Crippen LogP contribution in [-0.2, 0) is 5.41 Å². The molecule has 2 N–H and O–H groups in total. The molecule has 0 radical (unpaired) electrons. The fraction of sp³-hybridized carbons (Fsp3) is 0.200. The molecule has 0 aromatic heterocycles. The number of para-hydroxylation sites is 1. The number of thioether (sulfide) groups is 1. The fourth-order valence-corrected chi connectivity index (χ4v) is 3.46. The van der Waals surface area contributed by atoms with Gasteiger partial charge in [0.2, 0.25) is 0 Å². The van der Waals surface area contributed by atoms with Crippen molar-refractivity contribution in [2.45, 2.75) is 31.1 Å². The zero-order chi connectivity index (χ0) is 21.7. The van der Waals surface area contributed by atoms with Crippen LogP contribution in [0.15, 0.2) is 77.7 Å². The van der Waals surface area contributed by atoms with Crippen molar-refractivity contribution in [1.82, 2.24) is 0 Å². The van der Waals surface area contributed by atoms with Crippen molar-refractivity contribution < 1.29 is 9.59 Å². The number of hydrogen-bond acceptors (Lipinski definition) is 3. The summed E-state index contributed by atoms with van der Waals surface area (Å²) in [6.45, 7) is 6.39. The van der Waals surface area contributed by atoms with E-state index in [1.54, 1.807) is 36.0 Å². The molecule has 0 aliphatic rings. The van der Waals surface area contributed by atoms with Gasteiger partial charge in [0.15, 0.2) is 0 Å². The van der Waals surface area contributed by atoms with Crippen LogP contribution in [0.5, 0.6) is 0 Å². The molecule has 30 heavy (non-hydrogen) atoms. The molecule has 3 aromatic carbocycles. The third-order valence-corrected chi connectivity index (χ3v) is 5.49. The molecule has 0 bridgehead atoms. The molecule has 154 valence electrons. The molecule has 0 fully saturated rings. The Balaban J connectivity index is 1.77. The topological polar surface area (TPSA) is 58.2 Å². The number of carbonyl (C=O) groups excluding carboxylic acids is 2. The molecule has 0 aliphatic carbocycles. The summed E-state index contributed by atoms with van der Waals surface area (Å²) in [7, 11) is 0. The SMILES string of the molecule is CSc1cccc(NC(=O)c2ccccc2NC(=O)c2ccc(C(C)(C)C)cc2)c1. The van der Waals surface area contributed by atoms with Crippen molar-refractivity contribution in [2.24, 2.45) is 0 Å². The van der Waals surface area contributed by atoms with Crippen LogP contribution < -0.4 is 10.6 Å². The Kier molecular flexibility index (Phi) is 6.63. The minimum absolute atomic E-state index is 0.0211. The standard InChI is InChI=1S/C25H26N2O2S/c1-25(2,3)18-14-12-17(13-15-18)23(28)27-22-11-6-5-10-21(22)24(29)26-19-8-7-9-20(16-19)30-4/h5-16H,1-4H3,(H,26,29)(H,27,28). The van der Waals surface area contributed by atoms with Crippen LogP contribution in [-0.4, -0.2) is 18.1 Å². The van der Waals surface area contributed by atoms with Gasteiger partial charge in [-0.1, -0.05) is 51.1 Å². The van der Waals surface area contributed by atoms with E-state index in [0.29, 0.717) is 22.5 Å². The Morgan fingerprint density at radius 1 is 0.800 bits per heavy atom. The third-order valence-electron chi connectivity index (χ3n) is 4.76. The summed E-state index contributed by atoms with van der Waals surface area (Å²) in [6.07, 6.45) is 1.99. The number of anilines is 2. The number of hydrogen-bond donors (Lipinski definition) is 2. The fourth-order valence-electron chi connectivity index (χ4n) is 3.01. The lowest BCUT2D eigenvalue weighted by Gasteiger charge is -2.19. The Labute approximate surface area is 182 Å². The molecule has 0 saturated heterocycles. The van der Waals surface area contributed by atoms with Gasteiger partial charge in [-0.2, -0.15) is 0 Å². The van der Waals surface area contributed by atoms with Gasteiger partial charge in [-0.15, -0.1) is 11.8 Å². The highest BCUT2D eigenvalue weighted by molar-refractivity contribution is 7.98. The number of carbonyl (C=O) groups is 2. The van der Waals surface area contributed by atoms with Crippen molar-refractivity contribution in [2.75, 3.05) is 16.9 Å². The first-order chi connectivity index (χ1) is 14.3. The first-order valence-electron chi connectivity index (χ1n) is 9.74. The highest BCUT2D eigenvalue weighted by atomic mass is 32.2. The van der Waals surface area contributed by atoms with Crippen LogP contribution in [0.3, 0.4) is 0 Å². The zero-order valence-corrected chi connectivity index (χ0v) is 18.5. The van der Waals surface area contributed by atoms with Crippen LogP contribution in [0.2, 0.25) is 0 Å². The second-order valence-electron chi connectivity index (χ2n) is 8.01. The first kappa shape index (κ1) is 21.7. The first-order valence-corrected chi connectivity index (χ1v) is 11.0. The summed E-state index contributed by atoms with van der Waals surface area (Å²) in [6, 6.07) is 22.2. The Morgan fingerprint density at radius 3 is 2.17 bits per heavy atom. The van der Waals surface area contributed by atoms with E-state index in [4.69, 9.17) is 0 Å². The summed E-state index contributed by atoms with van der Waals surface area (Å²) in [4.78, 5) is 26.6. The molecule has 4 nitrogen and oxygen atoms in total. The van der Waals surface area contributed by atoms with Crippen LogP contribution in [0.4, 0.5) is 11.4 Å².